The van der Waals surface area contributed by atoms with Crippen molar-refractivity contribution >= 4 is 0 Å². The number of ether oxygens (including phenoxy) is 1. The quantitative estimate of drug-likeness (QED) is 0.808. The first-order chi connectivity index (χ1) is 9.29. The largest absolute Gasteiger partial charge is 0.381 e. The molecule has 1 saturated heterocycles. The molecule has 106 valence electrons. The molecule has 1 fully saturated rings. The molecule has 1 aromatic rings. The first kappa shape index (κ1) is 14.5. The smallest absolute Gasteiger partial charge is 0.0507 e. The maximum absolute atomic E-state index is 5.41. The van der Waals surface area contributed by atoms with Crippen molar-refractivity contribution in [1.82, 2.24) is 5.32 Å². The lowest BCUT2D eigenvalue weighted by molar-refractivity contribution is 0.184. The molecule has 0 aromatic heterocycles. The van der Waals surface area contributed by atoms with Gasteiger partial charge in [0.05, 0.1) is 6.61 Å². The fraction of sp³-hybridized carbons (Fsp3) is 0.647. The average molecular weight is 261 g/mol. The Morgan fingerprint density at radius 1 is 1.32 bits per heavy atom. The number of aryl methyl sites for hydroxylation is 1. The van der Waals surface area contributed by atoms with Gasteiger partial charge in [0.25, 0.3) is 0 Å². The van der Waals surface area contributed by atoms with Crippen LogP contribution in [0, 0.1) is 5.92 Å². The van der Waals surface area contributed by atoms with E-state index in [9.17, 15) is 0 Å². The molecule has 2 unspecified atom stereocenters. The van der Waals surface area contributed by atoms with Gasteiger partial charge in [-0.1, -0.05) is 37.6 Å². The Morgan fingerprint density at radius 3 is 2.74 bits per heavy atom. The minimum atomic E-state index is 0.431. The van der Waals surface area contributed by atoms with Gasteiger partial charge in [-0.2, -0.15) is 0 Å². The number of hydrogen-bond donors (Lipinski definition) is 1. The molecule has 0 aliphatic carbocycles. The maximum Gasteiger partial charge on any atom is 0.0507 e. The van der Waals surface area contributed by atoms with Crippen molar-refractivity contribution in [3.05, 3.63) is 35.4 Å². The highest BCUT2D eigenvalue weighted by atomic mass is 16.5. The molecular formula is C17H27NO. The van der Waals surface area contributed by atoms with E-state index in [-0.39, 0.29) is 0 Å². The van der Waals surface area contributed by atoms with Crippen LogP contribution in [0.15, 0.2) is 24.3 Å². The zero-order chi connectivity index (χ0) is 13.5. The van der Waals surface area contributed by atoms with Crippen molar-refractivity contribution in [1.29, 1.82) is 0 Å². The summed E-state index contributed by atoms with van der Waals surface area (Å²) in [5, 5.41) is 3.62. The molecule has 0 amide bonds. The van der Waals surface area contributed by atoms with E-state index in [0.29, 0.717) is 12.0 Å². The second kappa shape index (κ2) is 7.66. The van der Waals surface area contributed by atoms with Crippen LogP contribution in [-0.4, -0.2) is 19.8 Å². The molecule has 1 N–H and O–H groups in total. The SMILES string of the molecule is CCCCc1ccc(C(C)NCC2CCOC2)cc1. The lowest BCUT2D eigenvalue weighted by Crippen LogP contribution is -2.25. The number of unbranched alkanes of at least 4 members (excludes halogenated alkanes) is 1. The predicted molar refractivity (Wildman–Crippen MR) is 80.4 cm³/mol. The van der Waals surface area contributed by atoms with Crippen LogP contribution in [0.4, 0.5) is 0 Å². The van der Waals surface area contributed by atoms with Gasteiger partial charge < -0.3 is 10.1 Å². The van der Waals surface area contributed by atoms with E-state index in [1.54, 1.807) is 0 Å². The summed E-state index contributed by atoms with van der Waals surface area (Å²) in [6.07, 6.45) is 4.96. The lowest BCUT2D eigenvalue weighted by Gasteiger charge is -2.17. The zero-order valence-corrected chi connectivity index (χ0v) is 12.3. The normalized spacial score (nSPS) is 20.6. The summed E-state index contributed by atoms with van der Waals surface area (Å²) in [5.74, 6) is 0.700. The van der Waals surface area contributed by atoms with Crippen LogP contribution in [0.1, 0.15) is 50.3 Å². The minimum Gasteiger partial charge on any atom is -0.381 e. The average Bonchev–Trinajstić information content (AvgIpc) is 2.96. The minimum absolute atomic E-state index is 0.431. The van der Waals surface area contributed by atoms with Crippen molar-refractivity contribution in [3.8, 4) is 0 Å². The summed E-state index contributed by atoms with van der Waals surface area (Å²) >= 11 is 0. The van der Waals surface area contributed by atoms with Crippen LogP contribution in [-0.2, 0) is 11.2 Å². The molecule has 1 heterocycles. The highest BCUT2D eigenvalue weighted by Gasteiger charge is 2.16. The van der Waals surface area contributed by atoms with Crippen LogP contribution in [0.25, 0.3) is 0 Å². The molecule has 1 aromatic carbocycles. The number of hydrogen-bond acceptors (Lipinski definition) is 2. The molecule has 19 heavy (non-hydrogen) atoms. The Hall–Kier alpha value is -0.860. The van der Waals surface area contributed by atoms with Gasteiger partial charge in [0.2, 0.25) is 0 Å². The molecular weight excluding hydrogens is 234 g/mol. The van der Waals surface area contributed by atoms with Gasteiger partial charge in [-0.3, -0.25) is 0 Å². The highest BCUT2D eigenvalue weighted by Crippen LogP contribution is 2.17. The summed E-state index contributed by atoms with van der Waals surface area (Å²) < 4.78 is 5.41. The Morgan fingerprint density at radius 2 is 2.11 bits per heavy atom. The van der Waals surface area contributed by atoms with Gasteiger partial charge in [-0.25, -0.2) is 0 Å². The first-order valence-corrected chi connectivity index (χ1v) is 7.69. The molecule has 1 aliphatic heterocycles. The first-order valence-electron chi connectivity index (χ1n) is 7.69. The molecule has 2 atom stereocenters. The third-order valence-corrected chi connectivity index (χ3v) is 4.04. The number of benzene rings is 1. The third-order valence-electron chi connectivity index (χ3n) is 4.04. The summed E-state index contributed by atoms with van der Waals surface area (Å²) in [7, 11) is 0. The Labute approximate surface area is 117 Å². The molecule has 2 rings (SSSR count). The van der Waals surface area contributed by atoms with Crippen molar-refractivity contribution in [2.75, 3.05) is 19.8 Å². The summed E-state index contributed by atoms with van der Waals surface area (Å²) in [6, 6.07) is 9.53. The highest BCUT2D eigenvalue weighted by molar-refractivity contribution is 5.24. The molecule has 0 spiro atoms. The molecule has 2 heteroatoms. The van der Waals surface area contributed by atoms with Gasteiger partial charge in [0.15, 0.2) is 0 Å². The van der Waals surface area contributed by atoms with E-state index in [1.165, 1.54) is 36.8 Å². The Bertz CT molecular complexity index is 354. The molecule has 0 saturated carbocycles. The van der Waals surface area contributed by atoms with Crippen LogP contribution < -0.4 is 5.32 Å². The van der Waals surface area contributed by atoms with E-state index in [0.717, 1.165) is 19.8 Å². The van der Waals surface area contributed by atoms with E-state index in [1.807, 2.05) is 0 Å². The van der Waals surface area contributed by atoms with Crippen LogP contribution in [0.3, 0.4) is 0 Å². The fourth-order valence-corrected chi connectivity index (χ4v) is 2.56. The number of rotatable bonds is 7. The van der Waals surface area contributed by atoms with Crippen molar-refractivity contribution in [2.24, 2.45) is 5.92 Å². The predicted octanol–water partition coefficient (Wildman–Crippen LogP) is 3.72. The van der Waals surface area contributed by atoms with Crippen LogP contribution in [0.5, 0.6) is 0 Å². The monoisotopic (exact) mass is 261 g/mol. The third kappa shape index (κ3) is 4.63. The molecule has 0 bridgehead atoms. The van der Waals surface area contributed by atoms with Crippen molar-refractivity contribution in [2.45, 2.75) is 45.6 Å². The second-order valence-electron chi connectivity index (χ2n) is 5.70. The summed E-state index contributed by atoms with van der Waals surface area (Å²) in [6.45, 7) is 7.42. The summed E-state index contributed by atoms with van der Waals surface area (Å²) in [5.41, 5.74) is 2.85. The Balaban J connectivity index is 1.79. The van der Waals surface area contributed by atoms with Gasteiger partial charge in [0, 0.05) is 19.2 Å². The van der Waals surface area contributed by atoms with Crippen LogP contribution >= 0.6 is 0 Å². The molecule has 2 nitrogen and oxygen atoms in total. The van der Waals surface area contributed by atoms with Crippen molar-refractivity contribution < 1.29 is 4.74 Å². The molecule has 0 radical (unpaired) electrons. The van der Waals surface area contributed by atoms with Crippen molar-refractivity contribution in [3.63, 3.8) is 0 Å². The fourth-order valence-electron chi connectivity index (χ4n) is 2.56. The topological polar surface area (TPSA) is 21.3 Å². The van der Waals surface area contributed by atoms with Crippen LogP contribution in [0.2, 0.25) is 0 Å². The van der Waals surface area contributed by atoms with E-state index < -0.39 is 0 Å². The standard InChI is InChI=1S/C17H27NO/c1-3-4-5-15-6-8-17(9-7-15)14(2)18-12-16-10-11-19-13-16/h6-9,14,16,18H,3-5,10-13H2,1-2H3. The molecule has 1 aliphatic rings. The van der Waals surface area contributed by atoms with E-state index >= 15 is 0 Å². The van der Waals surface area contributed by atoms with Gasteiger partial charge in [-0.15, -0.1) is 0 Å². The lowest BCUT2D eigenvalue weighted by atomic mass is 10.0. The zero-order valence-electron chi connectivity index (χ0n) is 12.3. The van der Waals surface area contributed by atoms with Gasteiger partial charge in [-0.05, 0) is 43.2 Å². The van der Waals surface area contributed by atoms with E-state index in [4.69, 9.17) is 4.74 Å². The second-order valence-corrected chi connectivity index (χ2v) is 5.70. The maximum atomic E-state index is 5.41. The summed E-state index contributed by atoms with van der Waals surface area (Å²) in [4.78, 5) is 0. The van der Waals surface area contributed by atoms with Gasteiger partial charge >= 0.3 is 0 Å². The Kier molecular flexibility index (Phi) is 5.87. The van der Waals surface area contributed by atoms with Gasteiger partial charge in [0.1, 0.15) is 0 Å². The number of nitrogens with one attached hydrogen (secondary N) is 1. The van der Waals surface area contributed by atoms with E-state index in [2.05, 4.69) is 43.4 Å².